The molecule has 2 aromatic rings. The topological polar surface area (TPSA) is 35.0 Å². The number of nitrogens with zero attached hydrogens (tertiary/aromatic N) is 2. The van der Waals surface area contributed by atoms with Crippen molar-refractivity contribution in [2.24, 2.45) is 0 Å². The third kappa shape index (κ3) is 3.41. The van der Waals surface area contributed by atoms with Crippen LogP contribution in [-0.2, 0) is 0 Å². The van der Waals surface area contributed by atoms with Crippen LogP contribution in [0.25, 0.3) is 10.6 Å². The van der Waals surface area contributed by atoms with Gasteiger partial charge < -0.3 is 4.74 Å². The van der Waals surface area contributed by atoms with Crippen molar-refractivity contribution >= 4 is 22.9 Å². The van der Waals surface area contributed by atoms with E-state index >= 15 is 0 Å². The zero-order valence-corrected chi connectivity index (χ0v) is 11.1. The van der Waals surface area contributed by atoms with Crippen molar-refractivity contribution in [3.8, 4) is 16.3 Å². The summed E-state index contributed by atoms with van der Waals surface area (Å²) in [6.45, 7) is 2.91. The Balaban J connectivity index is 2.02. The molecule has 90 valence electrons. The molecule has 0 unspecified atom stereocenters. The van der Waals surface area contributed by atoms with E-state index in [2.05, 4.69) is 17.1 Å². The third-order valence-electron chi connectivity index (χ3n) is 2.27. The van der Waals surface area contributed by atoms with Gasteiger partial charge in [0, 0.05) is 5.56 Å². The number of halogens is 1. The highest BCUT2D eigenvalue weighted by atomic mass is 35.5. The van der Waals surface area contributed by atoms with Gasteiger partial charge in [0.15, 0.2) is 0 Å². The molecule has 0 spiro atoms. The predicted molar refractivity (Wildman–Crippen MR) is 70.8 cm³/mol. The van der Waals surface area contributed by atoms with Crippen LogP contribution in [0.2, 0.25) is 4.47 Å². The largest absolute Gasteiger partial charge is 0.494 e. The number of hydrogen-bond acceptors (Lipinski definition) is 4. The number of benzene rings is 1. The number of rotatable bonds is 5. The lowest BCUT2D eigenvalue weighted by atomic mass is 10.2. The SMILES string of the molecule is CCCCOc1ccc(-c2nnc(Cl)s2)cc1. The lowest BCUT2D eigenvalue weighted by molar-refractivity contribution is 0.309. The number of ether oxygens (including phenoxy) is 1. The first kappa shape index (κ1) is 12.3. The molecule has 1 aromatic heterocycles. The lowest BCUT2D eigenvalue weighted by Crippen LogP contribution is -1.95. The van der Waals surface area contributed by atoms with E-state index < -0.39 is 0 Å². The molecule has 1 aromatic carbocycles. The van der Waals surface area contributed by atoms with Crippen molar-refractivity contribution in [1.82, 2.24) is 10.2 Å². The van der Waals surface area contributed by atoms with Gasteiger partial charge in [0.05, 0.1) is 6.61 Å². The van der Waals surface area contributed by atoms with Crippen molar-refractivity contribution in [3.05, 3.63) is 28.7 Å². The average Bonchev–Trinajstić information content (AvgIpc) is 2.77. The Morgan fingerprint density at radius 3 is 2.59 bits per heavy atom. The summed E-state index contributed by atoms with van der Waals surface area (Å²) in [5.41, 5.74) is 1.01. The first-order valence-electron chi connectivity index (χ1n) is 5.52. The molecule has 5 heteroatoms. The summed E-state index contributed by atoms with van der Waals surface area (Å²) < 4.78 is 6.05. The molecule has 0 aliphatic carbocycles. The minimum atomic E-state index is 0.461. The first-order chi connectivity index (χ1) is 8.29. The normalized spacial score (nSPS) is 10.5. The molecule has 2 rings (SSSR count). The Morgan fingerprint density at radius 1 is 1.24 bits per heavy atom. The van der Waals surface area contributed by atoms with Crippen LogP contribution in [0.15, 0.2) is 24.3 Å². The molecule has 0 saturated heterocycles. The molecule has 1 heterocycles. The molecule has 17 heavy (non-hydrogen) atoms. The van der Waals surface area contributed by atoms with E-state index in [1.165, 1.54) is 11.3 Å². The fourth-order valence-electron chi connectivity index (χ4n) is 1.35. The fraction of sp³-hybridized carbons (Fsp3) is 0.333. The summed E-state index contributed by atoms with van der Waals surface area (Å²) >= 11 is 7.12. The van der Waals surface area contributed by atoms with Crippen molar-refractivity contribution in [1.29, 1.82) is 0 Å². The van der Waals surface area contributed by atoms with Gasteiger partial charge in [0.2, 0.25) is 4.47 Å². The Bertz CT molecular complexity index is 470. The summed E-state index contributed by atoms with van der Waals surface area (Å²) in [4.78, 5) is 0. The standard InChI is InChI=1S/C12H13ClN2OS/c1-2-3-8-16-10-6-4-9(5-7-10)11-14-15-12(13)17-11/h4-7H,2-3,8H2,1H3. The number of unbranched alkanes of at least 4 members (excludes halogenated alkanes) is 1. The van der Waals surface area contributed by atoms with Gasteiger partial charge in [-0.1, -0.05) is 24.7 Å². The van der Waals surface area contributed by atoms with Gasteiger partial charge in [-0.2, -0.15) is 0 Å². The van der Waals surface area contributed by atoms with Crippen LogP contribution in [0.1, 0.15) is 19.8 Å². The number of aromatic nitrogens is 2. The molecule has 3 nitrogen and oxygen atoms in total. The highest BCUT2D eigenvalue weighted by Gasteiger charge is 2.04. The van der Waals surface area contributed by atoms with E-state index in [1.54, 1.807) is 0 Å². The van der Waals surface area contributed by atoms with Crippen LogP contribution in [0.5, 0.6) is 5.75 Å². The van der Waals surface area contributed by atoms with Crippen LogP contribution in [0.3, 0.4) is 0 Å². The minimum absolute atomic E-state index is 0.461. The maximum Gasteiger partial charge on any atom is 0.207 e. The Labute approximate surface area is 109 Å². The van der Waals surface area contributed by atoms with Gasteiger partial charge in [0.25, 0.3) is 0 Å². The number of hydrogen-bond donors (Lipinski definition) is 0. The molecule has 0 radical (unpaired) electrons. The lowest BCUT2D eigenvalue weighted by Gasteiger charge is -2.05. The second-order valence-corrected chi connectivity index (χ2v) is 5.15. The van der Waals surface area contributed by atoms with Crippen molar-refractivity contribution in [2.45, 2.75) is 19.8 Å². The average molecular weight is 269 g/mol. The second kappa shape index (κ2) is 5.98. The highest BCUT2D eigenvalue weighted by Crippen LogP contribution is 2.27. The van der Waals surface area contributed by atoms with Gasteiger partial charge >= 0.3 is 0 Å². The Hall–Kier alpha value is -1.13. The third-order valence-corrected chi connectivity index (χ3v) is 3.34. The van der Waals surface area contributed by atoms with Crippen LogP contribution < -0.4 is 4.74 Å². The van der Waals surface area contributed by atoms with E-state index in [9.17, 15) is 0 Å². The summed E-state index contributed by atoms with van der Waals surface area (Å²) in [5, 5.41) is 8.59. The molecule has 0 amide bonds. The van der Waals surface area contributed by atoms with Crippen LogP contribution in [0.4, 0.5) is 0 Å². The van der Waals surface area contributed by atoms with Gasteiger partial charge in [-0.05, 0) is 42.3 Å². The van der Waals surface area contributed by atoms with Crippen LogP contribution in [0, 0.1) is 0 Å². The Kier molecular flexibility index (Phi) is 4.34. The maximum absolute atomic E-state index is 5.75. The molecular formula is C12H13ClN2OS. The van der Waals surface area contributed by atoms with Crippen LogP contribution >= 0.6 is 22.9 Å². The molecule has 0 fully saturated rings. The zero-order valence-electron chi connectivity index (χ0n) is 9.52. The minimum Gasteiger partial charge on any atom is -0.494 e. The maximum atomic E-state index is 5.75. The van der Waals surface area contributed by atoms with Crippen molar-refractivity contribution < 1.29 is 4.74 Å². The zero-order chi connectivity index (χ0) is 12.1. The molecule has 0 N–H and O–H groups in total. The summed E-state index contributed by atoms with van der Waals surface area (Å²) in [5.74, 6) is 0.887. The van der Waals surface area contributed by atoms with E-state index in [4.69, 9.17) is 16.3 Å². The predicted octanol–water partition coefficient (Wildman–Crippen LogP) is 4.04. The molecule has 0 aliphatic rings. The van der Waals surface area contributed by atoms with E-state index in [-0.39, 0.29) is 0 Å². The van der Waals surface area contributed by atoms with E-state index in [1.807, 2.05) is 24.3 Å². The van der Waals surface area contributed by atoms with E-state index in [0.29, 0.717) is 4.47 Å². The smallest absolute Gasteiger partial charge is 0.207 e. The highest BCUT2D eigenvalue weighted by molar-refractivity contribution is 7.18. The monoisotopic (exact) mass is 268 g/mol. The fourth-order valence-corrected chi connectivity index (χ4v) is 2.18. The second-order valence-electron chi connectivity index (χ2n) is 3.59. The van der Waals surface area contributed by atoms with Crippen LogP contribution in [-0.4, -0.2) is 16.8 Å². The van der Waals surface area contributed by atoms with Gasteiger partial charge in [-0.15, -0.1) is 10.2 Å². The van der Waals surface area contributed by atoms with Crippen molar-refractivity contribution in [3.63, 3.8) is 0 Å². The molecule has 0 aliphatic heterocycles. The van der Waals surface area contributed by atoms with Crippen molar-refractivity contribution in [2.75, 3.05) is 6.61 Å². The molecule has 0 atom stereocenters. The summed E-state index contributed by atoms with van der Waals surface area (Å²) in [6, 6.07) is 7.83. The summed E-state index contributed by atoms with van der Waals surface area (Å²) in [7, 11) is 0. The van der Waals surface area contributed by atoms with Gasteiger partial charge in [-0.3, -0.25) is 0 Å². The molecule has 0 saturated carbocycles. The molecular weight excluding hydrogens is 256 g/mol. The first-order valence-corrected chi connectivity index (χ1v) is 6.71. The Morgan fingerprint density at radius 2 is 2.00 bits per heavy atom. The summed E-state index contributed by atoms with van der Waals surface area (Å²) in [6.07, 6.45) is 2.22. The quantitative estimate of drug-likeness (QED) is 0.768. The van der Waals surface area contributed by atoms with E-state index in [0.717, 1.165) is 35.8 Å². The van der Waals surface area contributed by atoms with Gasteiger partial charge in [0.1, 0.15) is 10.8 Å². The molecule has 0 bridgehead atoms. The van der Waals surface area contributed by atoms with Gasteiger partial charge in [-0.25, -0.2) is 0 Å².